The first-order chi connectivity index (χ1) is 10.6. The maximum Gasteiger partial charge on any atom is 0.488 e. The highest BCUT2D eigenvalue weighted by atomic mass is 16.6. The van der Waals surface area contributed by atoms with Crippen LogP contribution in [0.15, 0.2) is 24.3 Å². The summed E-state index contributed by atoms with van der Waals surface area (Å²) in [5.41, 5.74) is 0.541. The van der Waals surface area contributed by atoms with E-state index in [2.05, 4.69) is 5.32 Å². The van der Waals surface area contributed by atoms with Crippen LogP contribution < -0.4 is 10.8 Å². The summed E-state index contributed by atoms with van der Waals surface area (Å²) in [6.45, 7) is 5.35. The first-order valence-electron chi connectivity index (χ1n) is 7.27. The molecule has 8 heteroatoms. The van der Waals surface area contributed by atoms with Gasteiger partial charge >= 0.3 is 13.1 Å². The second-order valence-corrected chi connectivity index (χ2v) is 6.14. The first-order valence-corrected chi connectivity index (χ1v) is 7.27. The van der Waals surface area contributed by atoms with Crippen molar-refractivity contribution in [3.63, 3.8) is 0 Å². The van der Waals surface area contributed by atoms with Gasteiger partial charge in [-0.25, -0.2) is 0 Å². The number of nitrogens with one attached hydrogen (secondary N) is 1. The second-order valence-electron chi connectivity index (χ2n) is 6.14. The topological polar surface area (TPSA) is 108 Å². The summed E-state index contributed by atoms with van der Waals surface area (Å²) < 4.78 is 10.1. The molecule has 0 radical (unpaired) electrons. The summed E-state index contributed by atoms with van der Waals surface area (Å²) >= 11 is 0. The fourth-order valence-corrected chi connectivity index (χ4v) is 1.96. The molecule has 0 aliphatic carbocycles. The summed E-state index contributed by atoms with van der Waals surface area (Å²) in [6, 6.07) is 5.64. The molecule has 0 bridgehead atoms. The van der Waals surface area contributed by atoms with Gasteiger partial charge < -0.3 is 24.6 Å². The predicted molar refractivity (Wildman–Crippen MR) is 85.8 cm³/mol. The fourth-order valence-electron chi connectivity index (χ4n) is 1.96. The third-order valence-corrected chi connectivity index (χ3v) is 3.01. The molecule has 0 spiro atoms. The lowest BCUT2D eigenvalue weighted by Gasteiger charge is -2.27. The lowest BCUT2D eigenvalue weighted by molar-refractivity contribution is -0.189. The van der Waals surface area contributed by atoms with Gasteiger partial charge in [-0.05, 0) is 38.2 Å². The number of ether oxygens (including phenoxy) is 2. The number of hydrogen-bond acceptors (Lipinski definition) is 7. The smallest absolute Gasteiger partial charge is 0.468 e. The Labute approximate surface area is 136 Å². The molecule has 128 valence electrons. The highest BCUT2D eigenvalue weighted by molar-refractivity contribution is 6.58. The van der Waals surface area contributed by atoms with Crippen LogP contribution in [-0.2, 0) is 20.7 Å². The van der Waals surface area contributed by atoms with Crippen LogP contribution in [-0.4, -0.2) is 53.4 Å². The van der Waals surface area contributed by atoms with E-state index in [0.717, 1.165) is 5.56 Å². The second kappa shape index (κ2) is 8.42. The van der Waals surface area contributed by atoms with Gasteiger partial charge in [-0.15, -0.1) is 0 Å². The lowest BCUT2D eigenvalue weighted by atomic mass is 9.80. The van der Waals surface area contributed by atoms with Crippen molar-refractivity contribution < 1.29 is 29.4 Å². The number of methoxy groups -OCH3 is 1. The summed E-state index contributed by atoms with van der Waals surface area (Å²) in [6.07, 6.45) is -1.07. The van der Waals surface area contributed by atoms with Crippen LogP contribution in [0, 0.1) is 0 Å². The van der Waals surface area contributed by atoms with Gasteiger partial charge in [-0.1, -0.05) is 24.3 Å². The Morgan fingerprint density at radius 2 is 1.83 bits per heavy atom. The SMILES string of the molecule is COC(=O)[C@H](Cc1ccc(B(O)O)cc1)NC(O)OC(C)(C)C. The molecule has 1 unspecified atom stereocenters. The maximum absolute atomic E-state index is 11.9. The van der Waals surface area contributed by atoms with Gasteiger partial charge in [0.15, 0.2) is 0 Å². The molecule has 0 saturated heterocycles. The number of benzene rings is 1. The Bertz CT molecular complexity index is 500. The largest absolute Gasteiger partial charge is 0.488 e. The third kappa shape index (κ3) is 7.11. The molecule has 0 heterocycles. The van der Waals surface area contributed by atoms with Crippen LogP contribution >= 0.6 is 0 Å². The molecule has 0 aromatic heterocycles. The minimum absolute atomic E-state index is 0.249. The van der Waals surface area contributed by atoms with E-state index in [4.69, 9.17) is 19.5 Å². The molecule has 0 aliphatic heterocycles. The van der Waals surface area contributed by atoms with Crippen LogP contribution in [0.2, 0.25) is 0 Å². The number of aliphatic hydroxyl groups excluding tert-OH is 1. The fraction of sp³-hybridized carbons (Fsp3) is 0.533. The van der Waals surface area contributed by atoms with Gasteiger partial charge in [-0.3, -0.25) is 10.1 Å². The van der Waals surface area contributed by atoms with Crippen molar-refractivity contribution in [2.24, 2.45) is 0 Å². The molecule has 4 N–H and O–H groups in total. The van der Waals surface area contributed by atoms with Gasteiger partial charge in [0.2, 0.25) is 6.41 Å². The van der Waals surface area contributed by atoms with Gasteiger partial charge in [0.1, 0.15) is 6.04 Å². The minimum atomic E-state index is -1.54. The Morgan fingerprint density at radius 3 is 2.26 bits per heavy atom. The molecule has 0 fully saturated rings. The highest BCUT2D eigenvalue weighted by Gasteiger charge is 2.25. The Morgan fingerprint density at radius 1 is 1.26 bits per heavy atom. The molecule has 2 atom stereocenters. The minimum Gasteiger partial charge on any atom is -0.468 e. The highest BCUT2D eigenvalue weighted by Crippen LogP contribution is 2.10. The molecule has 1 aromatic rings. The number of esters is 1. The summed E-state index contributed by atoms with van der Waals surface area (Å²) in [4.78, 5) is 11.9. The maximum atomic E-state index is 11.9. The molecule has 0 amide bonds. The van der Waals surface area contributed by atoms with Gasteiger partial charge in [0.05, 0.1) is 12.7 Å². The van der Waals surface area contributed by atoms with Crippen LogP contribution in [0.1, 0.15) is 26.3 Å². The van der Waals surface area contributed by atoms with Crippen molar-refractivity contribution >= 4 is 18.6 Å². The zero-order chi connectivity index (χ0) is 17.6. The normalized spacial score (nSPS) is 14.2. The molecule has 0 saturated carbocycles. The average molecular weight is 325 g/mol. The van der Waals surface area contributed by atoms with E-state index in [9.17, 15) is 9.90 Å². The molecule has 0 aliphatic rings. The first kappa shape index (κ1) is 19.6. The monoisotopic (exact) mass is 325 g/mol. The van der Waals surface area contributed by atoms with Gasteiger partial charge in [0.25, 0.3) is 0 Å². The van der Waals surface area contributed by atoms with E-state index in [0.29, 0.717) is 5.46 Å². The summed E-state index contributed by atoms with van der Waals surface area (Å²) in [5.74, 6) is -0.534. The molecule has 1 aromatic carbocycles. The van der Waals surface area contributed by atoms with Crippen molar-refractivity contribution in [3.05, 3.63) is 29.8 Å². The summed E-state index contributed by atoms with van der Waals surface area (Å²) in [7, 11) is -0.278. The van der Waals surface area contributed by atoms with Crippen molar-refractivity contribution in [3.8, 4) is 0 Å². The van der Waals surface area contributed by atoms with Crippen LogP contribution in [0.4, 0.5) is 0 Å². The van der Waals surface area contributed by atoms with E-state index in [-0.39, 0.29) is 6.42 Å². The van der Waals surface area contributed by atoms with E-state index in [1.54, 1.807) is 45.0 Å². The van der Waals surface area contributed by atoms with Crippen molar-refractivity contribution in [2.75, 3.05) is 7.11 Å². The Balaban J connectivity index is 2.76. The Hall–Kier alpha value is -1.45. The van der Waals surface area contributed by atoms with E-state index in [1.165, 1.54) is 7.11 Å². The molecule has 1 rings (SSSR count). The zero-order valence-electron chi connectivity index (χ0n) is 13.8. The molecule has 23 heavy (non-hydrogen) atoms. The number of rotatable bonds is 7. The van der Waals surface area contributed by atoms with Crippen LogP contribution in [0.25, 0.3) is 0 Å². The van der Waals surface area contributed by atoms with Crippen LogP contribution in [0.3, 0.4) is 0 Å². The number of carbonyl (C=O) groups is 1. The quantitative estimate of drug-likeness (QED) is 0.293. The van der Waals surface area contributed by atoms with Crippen LogP contribution in [0.5, 0.6) is 0 Å². The standard InChI is InChI=1S/C15H24BNO6/c1-15(2,3)23-14(19)17-12(13(18)22-4)9-10-5-7-11(8-6-10)16(20)21/h5-8,12,14,17,19-21H,9H2,1-4H3/t12-,14?/m0/s1. The van der Waals surface area contributed by atoms with Crippen molar-refractivity contribution in [1.82, 2.24) is 5.32 Å². The van der Waals surface area contributed by atoms with E-state index >= 15 is 0 Å². The zero-order valence-corrected chi connectivity index (χ0v) is 13.8. The molecule has 7 nitrogen and oxygen atoms in total. The third-order valence-electron chi connectivity index (χ3n) is 3.01. The lowest BCUT2D eigenvalue weighted by Crippen LogP contribution is -2.48. The van der Waals surface area contributed by atoms with Gasteiger partial charge in [0, 0.05) is 0 Å². The average Bonchev–Trinajstić information content (AvgIpc) is 2.44. The molecular weight excluding hydrogens is 301 g/mol. The van der Waals surface area contributed by atoms with Crippen molar-refractivity contribution in [2.45, 2.75) is 45.2 Å². The molecular formula is C15H24BNO6. The van der Waals surface area contributed by atoms with E-state index < -0.39 is 31.1 Å². The number of hydrogen-bond donors (Lipinski definition) is 4. The van der Waals surface area contributed by atoms with E-state index in [1.807, 2.05) is 0 Å². The Kier molecular flexibility index (Phi) is 7.18. The van der Waals surface area contributed by atoms with Crippen molar-refractivity contribution in [1.29, 1.82) is 0 Å². The summed E-state index contributed by atoms with van der Waals surface area (Å²) in [5, 5.41) is 30.7. The number of aliphatic hydroxyl groups is 1. The van der Waals surface area contributed by atoms with Gasteiger partial charge in [-0.2, -0.15) is 0 Å². The number of carbonyl (C=O) groups excluding carboxylic acids is 1. The predicted octanol–water partition coefficient (Wildman–Crippen LogP) is -0.869.